The number of carbonyl (C=O) groups is 2. The van der Waals surface area contributed by atoms with Crippen LogP contribution in [0.25, 0.3) is 22.3 Å². The van der Waals surface area contributed by atoms with Crippen LogP contribution in [0.15, 0.2) is 60.7 Å². The molecule has 3 aromatic rings. The van der Waals surface area contributed by atoms with Gasteiger partial charge in [0.15, 0.2) is 0 Å². The third kappa shape index (κ3) is 3.08. The molecule has 0 unspecified atom stereocenters. The van der Waals surface area contributed by atoms with Crippen LogP contribution in [-0.2, 0) is 0 Å². The van der Waals surface area contributed by atoms with Crippen molar-refractivity contribution in [2.75, 3.05) is 11.5 Å². The second-order valence-corrected chi connectivity index (χ2v) is 5.77. The summed E-state index contributed by atoms with van der Waals surface area (Å²) in [4.78, 5) is 23.3. The number of carboxylic acid groups (broad SMARTS) is 2. The zero-order valence-corrected chi connectivity index (χ0v) is 13.6. The predicted octanol–water partition coefficient (Wildman–Crippen LogP) is 3.58. The van der Waals surface area contributed by atoms with Gasteiger partial charge in [0.1, 0.15) is 0 Å². The van der Waals surface area contributed by atoms with Gasteiger partial charge in [-0.3, -0.25) is 0 Å². The molecule has 6 nitrogen and oxygen atoms in total. The molecule has 0 saturated heterocycles. The number of benzene rings is 3. The third-order valence-electron chi connectivity index (χ3n) is 4.06. The minimum Gasteiger partial charge on any atom is -0.478 e. The first-order valence-corrected chi connectivity index (χ1v) is 7.74. The van der Waals surface area contributed by atoms with Crippen LogP contribution in [0.2, 0.25) is 0 Å². The van der Waals surface area contributed by atoms with Crippen molar-refractivity contribution in [1.82, 2.24) is 0 Å². The van der Waals surface area contributed by atoms with Gasteiger partial charge in [-0.1, -0.05) is 36.4 Å². The molecule has 0 atom stereocenters. The Morgan fingerprint density at radius 1 is 0.615 bits per heavy atom. The van der Waals surface area contributed by atoms with Gasteiger partial charge in [-0.15, -0.1) is 0 Å². The van der Waals surface area contributed by atoms with Crippen molar-refractivity contribution in [2.45, 2.75) is 0 Å². The minimum atomic E-state index is -1.11. The van der Waals surface area contributed by atoms with Crippen molar-refractivity contribution in [3.05, 3.63) is 71.8 Å². The van der Waals surface area contributed by atoms with Crippen LogP contribution >= 0.6 is 0 Å². The average Bonchev–Trinajstić information content (AvgIpc) is 2.61. The van der Waals surface area contributed by atoms with Crippen molar-refractivity contribution < 1.29 is 19.8 Å². The molecular weight excluding hydrogens is 332 g/mol. The molecule has 0 amide bonds. The predicted molar refractivity (Wildman–Crippen MR) is 100 cm³/mol. The molecule has 0 spiro atoms. The lowest BCUT2D eigenvalue weighted by molar-refractivity contribution is 0.0686. The fourth-order valence-electron chi connectivity index (χ4n) is 2.90. The highest BCUT2D eigenvalue weighted by Gasteiger charge is 2.19. The van der Waals surface area contributed by atoms with Crippen LogP contribution in [0.5, 0.6) is 0 Å². The maximum atomic E-state index is 11.6. The van der Waals surface area contributed by atoms with Crippen molar-refractivity contribution >= 4 is 23.3 Å². The van der Waals surface area contributed by atoms with E-state index in [-0.39, 0.29) is 11.1 Å². The topological polar surface area (TPSA) is 127 Å². The van der Waals surface area contributed by atoms with E-state index in [1.807, 2.05) is 0 Å². The Hall–Kier alpha value is -3.80. The number of nitrogen functional groups attached to an aromatic ring is 2. The van der Waals surface area contributed by atoms with Gasteiger partial charge in [0.25, 0.3) is 0 Å². The number of nitrogens with two attached hydrogens (primary N) is 2. The van der Waals surface area contributed by atoms with Gasteiger partial charge in [-0.05, 0) is 46.5 Å². The zero-order chi connectivity index (χ0) is 18.8. The molecule has 0 saturated carbocycles. The summed E-state index contributed by atoms with van der Waals surface area (Å²) in [5.74, 6) is -2.23. The van der Waals surface area contributed by atoms with E-state index in [1.54, 1.807) is 48.5 Å². The van der Waals surface area contributed by atoms with E-state index >= 15 is 0 Å². The van der Waals surface area contributed by atoms with Crippen LogP contribution < -0.4 is 11.5 Å². The third-order valence-corrected chi connectivity index (χ3v) is 4.06. The first-order chi connectivity index (χ1) is 12.4. The van der Waals surface area contributed by atoms with Gasteiger partial charge < -0.3 is 21.7 Å². The second-order valence-electron chi connectivity index (χ2n) is 5.77. The van der Waals surface area contributed by atoms with Crippen LogP contribution in [0.1, 0.15) is 20.7 Å². The van der Waals surface area contributed by atoms with Gasteiger partial charge in [0.05, 0.1) is 11.1 Å². The van der Waals surface area contributed by atoms with Crippen LogP contribution in [0.4, 0.5) is 11.4 Å². The molecule has 130 valence electrons. The number of rotatable bonds is 4. The number of hydrogen-bond donors (Lipinski definition) is 4. The summed E-state index contributed by atoms with van der Waals surface area (Å²) in [6.07, 6.45) is 0. The lowest BCUT2D eigenvalue weighted by Crippen LogP contribution is -2.04. The lowest BCUT2D eigenvalue weighted by Gasteiger charge is -2.15. The smallest absolute Gasteiger partial charge is 0.336 e. The summed E-state index contributed by atoms with van der Waals surface area (Å²) < 4.78 is 0. The Balaban J connectivity index is 2.31. The van der Waals surface area contributed by atoms with E-state index in [0.717, 1.165) is 0 Å². The quantitative estimate of drug-likeness (QED) is 0.534. The molecule has 0 bridgehead atoms. The monoisotopic (exact) mass is 348 g/mol. The van der Waals surface area contributed by atoms with Crippen LogP contribution in [-0.4, -0.2) is 22.2 Å². The van der Waals surface area contributed by atoms with Crippen molar-refractivity contribution in [3.8, 4) is 22.3 Å². The van der Waals surface area contributed by atoms with Gasteiger partial charge in [0, 0.05) is 11.4 Å². The summed E-state index contributed by atoms with van der Waals surface area (Å²) in [6.45, 7) is 0. The Kier molecular flexibility index (Phi) is 4.33. The van der Waals surface area contributed by atoms with Crippen LogP contribution in [0.3, 0.4) is 0 Å². The Labute approximate surface area is 149 Å². The summed E-state index contributed by atoms with van der Waals surface area (Å²) >= 11 is 0. The molecule has 3 rings (SSSR count). The molecule has 0 radical (unpaired) electrons. The second kappa shape index (κ2) is 6.60. The van der Waals surface area contributed by atoms with Gasteiger partial charge in [0.2, 0.25) is 0 Å². The molecule has 0 aromatic heterocycles. The molecule has 6 heteroatoms. The number of anilines is 2. The lowest BCUT2D eigenvalue weighted by atomic mass is 9.89. The Morgan fingerprint density at radius 3 is 1.35 bits per heavy atom. The summed E-state index contributed by atoms with van der Waals surface area (Å²) in [7, 11) is 0. The molecule has 6 N–H and O–H groups in total. The molecule has 26 heavy (non-hydrogen) atoms. The maximum absolute atomic E-state index is 11.6. The summed E-state index contributed by atoms with van der Waals surface area (Å²) in [5.41, 5.74) is 14.3. The van der Waals surface area contributed by atoms with Crippen LogP contribution in [0, 0.1) is 0 Å². The Morgan fingerprint density at radius 2 is 1.00 bits per heavy atom. The van der Waals surface area contributed by atoms with Gasteiger partial charge >= 0.3 is 11.9 Å². The molecule has 0 fully saturated rings. The SMILES string of the molecule is Nc1ccc(-c2ccccc2-c2ccc(N)cc2C(=O)O)c(C(=O)O)c1. The van der Waals surface area contributed by atoms with E-state index < -0.39 is 11.9 Å². The number of aromatic carboxylic acids is 2. The first-order valence-electron chi connectivity index (χ1n) is 7.74. The fraction of sp³-hybridized carbons (Fsp3) is 0. The molecule has 3 aromatic carbocycles. The van der Waals surface area contributed by atoms with Crippen molar-refractivity contribution in [2.24, 2.45) is 0 Å². The van der Waals surface area contributed by atoms with Crippen molar-refractivity contribution in [1.29, 1.82) is 0 Å². The van der Waals surface area contributed by atoms with Gasteiger partial charge in [-0.2, -0.15) is 0 Å². The van der Waals surface area contributed by atoms with E-state index in [0.29, 0.717) is 33.6 Å². The molecule has 0 heterocycles. The minimum absolute atomic E-state index is 0.0461. The summed E-state index contributed by atoms with van der Waals surface area (Å²) in [6, 6.07) is 16.2. The van der Waals surface area contributed by atoms with Gasteiger partial charge in [-0.25, -0.2) is 9.59 Å². The zero-order valence-electron chi connectivity index (χ0n) is 13.6. The highest BCUT2D eigenvalue weighted by Crippen LogP contribution is 2.36. The van der Waals surface area contributed by atoms with E-state index in [4.69, 9.17) is 11.5 Å². The highest BCUT2D eigenvalue weighted by molar-refractivity contribution is 6.03. The largest absolute Gasteiger partial charge is 0.478 e. The normalized spacial score (nSPS) is 10.5. The highest BCUT2D eigenvalue weighted by atomic mass is 16.4. The molecular formula is C20H16N2O4. The Bertz CT molecular complexity index is 946. The number of hydrogen-bond acceptors (Lipinski definition) is 4. The number of carboxylic acids is 2. The standard InChI is InChI=1S/C20H16N2O4/c21-11-5-7-15(17(9-11)19(23)24)13-3-1-2-4-14(13)16-8-6-12(22)10-18(16)20(25)26/h1-10H,21-22H2,(H,23,24)(H,25,26). The van der Waals surface area contributed by atoms with E-state index in [2.05, 4.69) is 0 Å². The first kappa shape index (κ1) is 17.0. The average molecular weight is 348 g/mol. The molecule has 0 aliphatic rings. The van der Waals surface area contributed by atoms with E-state index in [1.165, 1.54) is 12.1 Å². The summed E-state index contributed by atoms with van der Waals surface area (Å²) in [5, 5.41) is 19.1. The molecule has 0 aliphatic heterocycles. The molecule has 0 aliphatic carbocycles. The van der Waals surface area contributed by atoms with Crippen molar-refractivity contribution in [3.63, 3.8) is 0 Å². The van der Waals surface area contributed by atoms with E-state index in [9.17, 15) is 19.8 Å². The maximum Gasteiger partial charge on any atom is 0.336 e. The fourth-order valence-corrected chi connectivity index (χ4v) is 2.90.